The average Bonchev–Trinajstić information content (AvgIpc) is 3.45. The smallest absolute Gasteiger partial charge is 0.320 e. The third kappa shape index (κ3) is 6.20. The third-order valence-corrected chi connectivity index (χ3v) is 7.15. The second-order valence-corrected chi connectivity index (χ2v) is 10.6. The SMILES string of the molecule is CC(C)OC(=O)CNP(OCC1OC(n2cnc3c(=O)[nH]c(N)nc32)CC1(F)F)Oc1ccc2ccccc2c1. The van der Waals surface area contributed by atoms with Crippen LogP contribution in [0.4, 0.5) is 14.7 Å². The molecular formula is C25H27F2N6O6P. The van der Waals surface area contributed by atoms with Gasteiger partial charge in [0.1, 0.15) is 24.6 Å². The van der Waals surface area contributed by atoms with E-state index in [9.17, 15) is 9.59 Å². The summed E-state index contributed by atoms with van der Waals surface area (Å²) in [7, 11) is -2.06. The van der Waals surface area contributed by atoms with Gasteiger partial charge in [-0.15, -0.1) is 0 Å². The molecule has 212 valence electrons. The molecule has 1 fully saturated rings. The summed E-state index contributed by atoms with van der Waals surface area (Å²) in [6, 6.07) is 13.0. The maximum absolute atomic E-state index is 15.0. The number of alkyl halides is 2. The summed E-state index contributed by atoms with van der Waals surface area (Å²) in [6.07, 6.45) is -2.68. The van der Waals surface area contributed by atoms with E-state index in [4.69, 9.17) is 24.3 Å². The average molecular weight is 576 g/mol. The number of hydrogen-bond acceptors (Lipinski definition) is 10. The molecule has 1 saturated heterocycles. The Hall–Kier alpha value is -3.71. The highest BCUT2D eigenvalue weighted by atomic mass is 31.2. The summed E-state index contributed by atoms with van der Waals surface area (Å²) >= 11 is 0. The highest BCUT2D eigenvalue weighted by Crippen LogP contribution is 2.44. The number of carbonyl (C=O) groups is 1. The van der Waals surface area contributed by atoms with Crippen LogP contribution in [0.3, 0.4) is 0 Å². The first-order valence-corrected chi connectivity index (χ1v) is 13.6. The normalized spacial score (nSPS) is 19.3. The molecule has 2 aromatic heterocycles. The summed E-state index contributed by atoms with van der Waals surface area (Å²) in [5.41, 5.74) is 5.00. The van der Waals surface area contributed by atoms with E-state index >= 15 is 8.78 Å². The Kier molecular flexibility index (Phi) is 7.95. The van der Waals surface area contributed by atoms with Crippen LogP contribution < -0.4 is 20.9 Å². The molecule has 15 heteroatoms. The fourth-order valence-electron chi connectivity index (χ4n) is 4.17. The zero-order valence-corrected chi connectivity index (χ0v) is 22.4. The van der Waals surface area contributed by atoms with E-state index in [0.717, 1.165) is 10.8 Å². The summed E-state index contributed by atoms with van der Waals surface area (Å²) in [5, 5.41) is 4.71. The van der Waals surface area contributed by atoms with Crippen LogP contribution in [0.1, 0.15) is 26.5 Å². The lowest BCUT2D eigenvalue weighted by Crippen LogP contribution is -2.33. The zero-order valence-electron chi connectivity index (χ0n) is 21.5. The van der Waals surface area contributed by atoms with E-state index in [1.54, 1.807) is 26.0 Å². The largest absolute Gasteiger partial charge is 0.462 e. The van der Waals surface area contributed by atoms with E-state index in [1.807, 2.05) is 30.3 Å². The van der Waals surface area contributed by atoms with Crippen molar-refractivity contribution in [1.82, 2.24) is 24.6 Å². The highest BCUT2D eigenvalue weighted by Gasteiger charge is 2.51. The number of nitrogens with one attached hydrogen (secondary N) is 2. The molecular weight excluding hydrogens is 549 g/mol. The molecule has 12 nitrogen and oxygen atoms in total. The number of nitrogens with two attached hydrogens (primary N) is 1. The van der Waals surface area contributed by atoms with Gasteiger partial charge >= 0.3 is 14.5 Å². The minimum atomic E-state index is -3.30. The van der Waals surface area contributed by atoms with Crippen molar-refractivity contribution in [2.45, 2.75) is 44.6 Å². The van der Waals surface area contributed by atoms with Crippen LogP contribution >= 0.6 is 8.53 Å². The number of anilines is 1. The second kappa shape index (κ2) is 11.4. The van der Waals surface area contributed by atoms with Gasteiger partial charge in [-0.3, -0.25) is 19.1 Å². The van der Waals surface area contributed by atoms with Gasteiger partial charge in [-0.05, 0) is 36.8 Å². The fraction of sp³-hybridized carbons (Fsp3) is 0.360. The predicted octanol–water partition coefficient (Wildman–Crippen LogP) is 3.64. The van der Waals surface area contributed by atoms with Crippen LogP contribution in [-0.2, 0) is 18.8 Å². The van der Waals surface area contributed by atoms with Crippen LogP contribution in [-0.4, -0.2) is 56.8 Å². The maximum Gasteiger partial charge on any atom is 0.320 e. The number of esters is 1. The minimum absolute atomic E-state index is 0.0239. The van der Waals surface area contributed by atoms with Crippen LogP contribution in [0.25, 0.3) is 21.9 Å². The first-order valence-electron chi connectivity index (χ1n) is 12.4. The van der Waals surface area contributed by atoms with Crippen LogP contribution in [0.2, 0.25) is 0 Å². The number of H-pyrrole nitrogens is 1. The molecule has 4 aromatic rings. The van der Waals surface area contributed by atoms with Gasteiger partial charge in [0.15, 0.2) is 11.2 Å². The van der Waals surface area contributed by atoms with E-state index in [-0.39, 0.29) is 29.8 Å². The number of hydrogen-bond donors (Lipinski definition) is 3. The molecule has 0 spiro atoms. The molecule has 2 aromatic carbocycles. The van der Waals surface area contributed by atoms with Crippen molar-refractivity contribution in [3.05, 3.63) is 59.1 Å². The van der Waals surface area contributed by atoms with Crippen LogP contribution in [0.5, 0.6) is 5.75 Å². The van der Waals surface area contributed by atoms with Gasteiger partial charge in [-0.25, -0.2) is 18.9 Å². The minimum Gasteiger partial charge on any atom is -0.462 e. The van der Waals surface area contributed by atoms with Gasteiger partial charge in [0.05, 0.1) is 25.5 Å². The molecule has 1 aliphatic rings. The molecule has 0 bridgehead atoms. The lowest BCUT2D eigenvalue weighted by Gasteiger charge is -2.22. The Morgan fingerprint density at radius 2 is 2.08 bits per heavy atom. The Morgan fingerprint density at radius 3 is 2.85 bits per heavy atom. The second-order valence-electron chi connectivity index (χ2n) is 9.35. The van der Waals surface area contributed by atoms with Gasteiger partial charge in [-0.2, -0.15) is 4.98 Å². The van der Waals surface area contributed by atoms with Crippen molar-refractivity contribution < 1.29 is 32.1 Å². The van der Waals surface area contributed by atoms with Gasteiger partial charge in [0.2, 0.25) is 5.95 Å². The Bertz CT molecular complexity index is 1580. The summed E-state index contributed by atoms with van der Waals surface area (Å²) in [6.45, 7) is 2.60. The van der Waals surface area contributed by atoms with Gasteiger partial charge < -0.3 is 24.3 Å². The molecule has 40 heavy (non-hydrogen) atoms. The van der Waals surface area contributed by atoms with Gasteiger partial charge in [-0.1, -0.05) is 30.3 Å². The molecule has 0 amide bonds. The molecule has 3 atom stereocenters. The number of aromatic amines is 1. The maximum atomic E-state index is 15.0. The van der Waals surface area contributed by atoms with E-state index < -0.39 is 51.3 Å². The first-order chi connectivity index (χ1) is 19.1. The van der Waals surface area contributed by atoms with Crippen molar-refractivity contribution in [3.8, 4) is 5.75 Å². The number of halogens is 2. The Morgan fingerprint density at radius 1 is 1.30 bits per heavy atom. The van der Waals surface area contributed by atoms with Crippen LogP contribution in [0.15, 0.2) is 53.6 Å². The molecule has 0 aliphatic carbocycles. The summed E-state index contributed by atoms with van der Waals surface area (Å²) < 4.78 is 53.7. The molecule has 3 heterocycles. The zero-order chi connectivity index (χ0) is 28.4. The Balaban J connectivity index is 1.30. The number of aromatic nitrogens is 4. The molecule has 3 unspecified atom stereocenters. The standard InChI is InChI=1S/C25H27F2N6O6P/c1-14(2)37-20(34)11-30-40(39-17-8-7-15-5-3-4-6-16(15)9-17)36-12-18-25(26,27)10-19(38-18)33-13-29-21-22(33)31-24(28)32-23(21)35/h3-9,13-14,18-19,30H,10-12H2,1-2H3,(H3,28,31,32,35). The van der Waals surface area contributed by atoms with Crippen molar-refractivity contribution in [2.75, 3.05) is 18.9 Å². The summed E-state index contributed by atoms with van der Waals surface area (Å²) in [4.78, 5) is 34.5. The highest BCUT2D eigenvalue weighted by molar-refractivity contribution is 7.45. The number of nitrogen functional groups attached to an aromatic ring is 1. The van der Waals surface area contributed by atoms with E-state index in [0.29, 0.717) is 5.75 Å². The van der Waals surface area contributed by atoms with Crippen molar-refractivity contribution in [2.24, 2.45) is 0 Å². The fourth-order valence-corrected chi connectivity index (χ4v) is 5.22. The Labute approximate surface area is 227 Å². The third-order valence-electron chi connectivity index (χ3n) is 5.97. The van der Waals surface area contributed by atoms with E-state index in [2.05, 4.69) is 20.0 Å². The molecule has 0 radical (unpaired) electrons. The van der Waals surface area contributed by atoms with Crippen molar-refractivity contribution in [3.63, 3.8) is 0 Å². The number of carbonyl (C=O) groups excluding carboxylic acids is 1. The monoisotopic (exact) mass is 576 g/mol. The molecule has 5 rings (SSSR count). The number of benzene rings is 2. The van der Waals surface area contributed by atoms with Gasteiger partial charge in [0, 0.05) is 0 Å². The number of nitrogens with zero attached hydrogens (tertiary/aromatic N) is 3. The number of rotatable bonds is 10. The first kappa shape index (κ1) is 27.8. The lowest BCUT2D eigenvalue weighted by molar-refractivity contribution is -0.145. The van der Waals surface area contributed by atoms with Crippen molar-refractivity contribution >= 4 is 42.4 Å². The van der Waals surface area contributed by atoms with Crippen LogP contribution in [0, 0.1) is 0 Å². The summed E-state index contributed by atoms with van der Waals surface area (Å²) in [5.74, 6) is -3.61. The molecule has 0 saturated carbocycles. The van der Waals surface area contributed by atoms with E-state index in [1.165, 1.54) is 10.9 Å². The lowest BCUT2D eigenvalue weighted by atomic mass is 10.1. The van der Waals surface area contributed by atoms with Gasteiger partial charge in [0.25, 0.3) is 11.5 Å². The number of ether oxygens (including phenoxy) is 2. The predicted molar refractivity (Wildman–Crippen MR) is 143 cm³/mol. The number of fused-ring (bicyclic) bond motifs is 2. The quantitative estimate of drug-likeness (QED) is 0.188. The molecule has 1 aliphatic heterocycles. The number of imidazole rings is 1. The molecule has 4 N–H and O–H groups in total. The van der Waals surface area contributed by atoms with Crippen molar-refractivity contribution in [1.29, 1.82) is 0 Å². The topological polar surface area (TPSA) is 156 Å².